The molecule has 0 aliphatic carbocycles. The van der Waals surface area contributed by atoms with Gasteiger partial charge in [-0.2, -0.15) is 0 Å². The summed E-state index contributed by atoms with van der Waals surface area (Å²) in [6, 6.07) is 1.47. The van der Waals surface area contributed by atoms with Gasteiger partial charge >= 0.3 is 17.6 Å². The van der Waals surface area contributed by atoms with Crippen molar-refractivity contribution in [2.45, 2.75) is 121 Å². The van der Waals surface area contributed by atoms with E-state index in [4.69, 9.17) is 54.7 Å². The lowest BCUT2D eigenvalue weighted by molar-refractivity contribution is 0.0438. The molecule has 0 aromatic carbocycles. The summed E-state index contributed by atoms with van der Waals surface area (Å²) in [5.41, 5.74) is 10.9. The van der Waals surface area contributed by atoms with Crippen LogP contribution in [0.25, 0.3) is 0 Å². The van der Waals surface area contributed by atoms with Crippen LogP contribution >= 0.6 is 0 Å². The Balaban J connectivity index is -0.0000000769. The fourth-order valence-corrected chi connectivity index (χ4v) is 6.89. The Morgan fingerprint density at radius 3 is 1.37 bits per heavy atom. The summed E-state index contributed by atoms with van der Waals surface area (Å²) in [5, 5.41) is 16.8. The van der Waals surface area contributed by atoms with Gasteiger partial charge in [-0.15, -0.1) is 0 Å². The fourth-order valence-electron chi connectivity index (χ4n) is 2.30. The lowest BCUT2D eigenvalue weighted by atomic mass is 10.3. The van der Waals surface area contributed by atoms with Gasteiger partial charge in [0.1, 0.15) is 0 Å². The Bertz CT molecular complexity index is 469. The highest BCUT2D eigenvalue weighted by Gasteiger charge is 2.42. The van der Waals surface area contributed by atoms with Gasteiger partial charge in [0, 0.05) is 45.6 Å². The van der Waals surface area contributed by atoms with E-state index < -0.39 is 29.8 Å². The topological polar surface area (TPSA) is 148 Å². The zero-order valence-corrected chi connectivity index (χ0v) is 24.7. The number of nitrogens with two attached hydrogens (primary N) is 2. The van der Waals surface area contributed by atoms with E-state index in [0.29, 0.717) is 32.3 Å². The monoisotopic (exact) mass is 592 g/mol. The van der Waals surface area contributed by atoms with Crippen LogP contribution in [0.15, 0.2) is 0 Å². The molecule has 238 valence electrons. The third-order valence-corrected chi connectivity index (χ3v) is 10.4. The molecule has 3 atom stereocenters. The summed E-state index contributed by atoms with van der Waals surface area (Å²) < 4.78 is 32.8. The van der Waals surface area contributed by atoms with Gasteiger partial charge in [0.05, 0.1) is 18.3 Å². The molecule has 10 nitrogen and oxygen atoms in total. The summed E-state index contributed by atoms with van der Waals surface area (Å²) in [4.78, 5) is 0. The standard InChI is InChI=1S/C9H23NO3Si.C9H19NO3Si.C4H10O2.4CH4/c1-5-9(2)13-14(11-3,12-4)8-6-7-10;1-4-11-14(12-5-2,13-6-3)9-7-8-10;1-3(5)4(2)6;;;;/h9H,5-8,10H2,1-4H3;1H,5-10H2,2-3H3;3-6H,1-2H3;4*1H4. The Morgan fingerprint density at radius 1 is 0.763 bits per heavy atom. The van der Waals surface area contributed by atoms with Crippen molar-refractivity contribution in [1.82, 2.24) is 0 Å². The second-order valence-corrected chi connectivity index (χ2v) is 13.0. The van der Waals surface area contributed by atoms with Crippen LogP contribution < -0.4 is 11.5 Å². The van der Waals surface area contributed by atoms with Crippen LogP contribution in [0.5, 0.6) is 0 Å². The SMILES string of the molecule is C.C.C.C.C#CO[Si](CCCN)(OCC)OCC.CC(O)C(C)O.CCC(C)O[Si](CCCN)(OC)OC. The third kappa shape index (κ3) is 28.4. The van der Waals surface area contributed by atoms with Gasteiger partial charge in [-0.05, 0) is 67.0 Å². The molecule has 0 aliphatic rings. The predicted molar refractivity (Wildman–Crippen MR) is 167 cm³/mol. The maximum atomic E-state index is 8.38. The molecule has 0 saturated carbocycles. The Kier molecular flexibility index (Phi) is 48.7. The zero-order chi connectivity index (χ0) is 27.0. The van der Waals surface area contributed by atoms with E-state index in [1.165, 1.54) is 0 Å². The Morgan fingerprint density at radius 2 is 1.13 bits per heavy atom. The van der Waals surface area contributed by atoms with Crippen LogP contribution in [0, 0.1) is 12.5 Å². The van der Waals surface area contributed by atoms with Crippen molar-refractivity contribution in [3.05, 3.63) is 0 Å². The van der Waals surface area contributed by atoms with Crippen molar-refractivity contribution in [3.63, 3.8) is 0 Å². The van der Waals surface area contributed by atoms with Crippen LogP contribution in [0.1, 0.15) is 90.5 Å². The molecule has 6 N–H and O–H groups in total. The summed E-state index contributed by atoms with van der Waals surface area (Å²) in [7, 11) is -1.77. The highest BCUT2D eigenvalue weighted by Crippen LogP contribution is 2.19. The quantitative estimate of drug-likeness (QED) is 0.139. The number of hydrogen-bond donors (Lipinski definition) is 4. The first-order chi connectivity index (χ1) is 16.0. The Hall–Kier alpha value is -0.566. The summed E-state index contributed by atoms with van der Waals surface area (Å²) in [6.45, 7) is 13.3. The second kappa shape index (κ2) is 34.5. The number of rotatable bonds is 17. The molecule has 12 heteroatoms. The van der Waals surface area contributed by atoms with Crippen LogP contribution in [-0.4, -0.2) is 86.7 Å². The van der Waals surface area contributed by atoms with E-state index in [2.05, 4.69) is 13.0 Å². The summed E-state index contributed by atoms with van der Waals surface area (Å²) in [6.07, 6.45) is 8.91. The van der Waals surface area contributed by atoms with Crippen LogP contribution in [0.4, 0.5) is 0 Å². The number of hydrogen-bond acceptors (Lipinski definition) is 10. The molecule has 0 spiro atoms. The van der Waals surface area contributed by atoms with E-state index in [0.717, 1.165) is 25.3 Å². The largest absolute Gasteiger partial charge is 0.574 e. The maximum absolute atomic E-state index is 8.38. The Labute approximate surface area is 239 Å². The highest BCUT2D eigenvalue weighted by molar-refractivity contribution is 6.61. The van der Waals surface area contributed by atoms with Gasteiger partial charge in [0.25, 0.3) is 0 Å². The maximum Gasteiger partial charge on any atom is 0.574 e. The molecular weight excluding hydrogens is 524 g/mol. The van der Waals surface area contributed by atoms with Gasteiger partial charge in [0.15, 0.2) is 0 Å². The minimum Gasteiger partial charge on any atom is -0.451 e. The predicted octanol–water partition coefficient (Wildman–Crippen LogP) is 4.63. The van der Waals surface area contributed by atoms with E-state index >= 15 is 0 Å². The smallest absolute Gasteiger partial charge is 0.451 e. The van der Waals surface area contributed by atoms with Gasteiger partial charge in [-0.3, -0.25) is 0 Å². The van der Waals surface area contributed by atoms with Crippen molar-refractivity contribution >= 4 is 17.6 Å². The molecule has 0 aromatic rings. The van der Waals surface area contributed by atoms with Crippen LogP contribution in [0.3, 0.4) is 0 Å². The van der Waals surface area contributed by atoms with Crippen molar-refractivity contribution in [2.24, 2.45) is 11.5 Å². The van der Waals surface area contributed by atoms with Gasteiger partial charge in [-0.1, -0.05) is 43.1 Å². The van der Waals surface area contributed by atoms with E-state index in [-0.39, 0.29) is 35.8 Å². The van der Waals surface area contributed by atoms with Gasteiger partial charge < -0.3 is 48.2 Å². The molecule has 0 aromatic heterocycles. The number of aliphatic hydroxyl groups is 2. The summed E-state index contributed by atoms with van der Waals surface area (Å²) in [5.74, 6) is 0. The highest BCUT2D eigenvalue weighted by atomic mass is 28.4. The molecule has 0 aliphatic heterocycles. The van der Waals surface area contributed by atoms with Crippen LogP contribution in [-0.2, 0) is 26.6 Å². The molecular formula is C26H68N2O8Si2. The molecule has 3 unspecified atom stereocenters. The summed E-state index contributed by atoms with van der Waals surface area (Å²) >= 11 is 0. The molecule has 0 saturated heterocycles. The normalized spacial score (nSPS) is 12.5. The lowest BCUT2D eigenvalue weighted by Gasteiger charge is -2.29. The van der Waals surface area contributed by atoms with E-state index in [9.17, 15) is 0 Å². The third-order valence-electron chi connectivity index (χ3n) is 4.59. The molecule has 0 radical (unpaired) electrons. The lowest BCUT2D eigenvalue weighted by Crippen LogP contribution is -2.46. The van der Waals surface area contributed by atoms with Crippen LogP contribution in [0.2, 0.25) is 12.1 Å². The minimum atomic E-state index is -2.63. The van der Waals surface area contributed by atoms with Crippen molar-refractivity contribution < 1.29 is 36.8 Å². The van der Waals surface area contributed by atoms with Crippen molar-refractivity contribution in [1.29, 1.82) is 0 Å². The van der Waals surface area contributed by atoms with Gasteiger partial charge in [-0.25, -0.2) is 0 Å². The number of terminal acetylenes is 1. The molecule has 0 rings (SSSR count). The molecule has 0 heterocycles. The second-order valence-electron chi connectivity index (χ2n) is 7.46. The van der Waals surface area contributed by atoms with E-state index in [1.807, 2.05) is 20.8 Å². The first-order valence-corrected chi connectivity index (χ1v) is 15.8. The average Bonchev–Trinajstić information content (AvgIpc) is 2.81. The van der Waals surface area contributed by atoms with Crippen molar-refractivity contribution in [2.75, 3.05) is 40.5 Å². The van der Waals surface area contributed by atoms with Gasteiger partial charge in [0.2, 0.25) is 0 Å². The molecule has 0 amide bonds. The molecule has 0 bridgehead atoms. The van der Waals surface area contributed by atoms with E-state index in [1.54, 1.807) is 28.1 Å². The number of aliphatic hydroxyl groups excluding tert-OH is 2. The fraction of sp³-hybridized carbons (Fsp3) is 0.923. The molecule has 38 heavy (non-hydrogen) atoms. The average molecular weight is 593 g/mol. The zero-order valence-electron chi connectivity index (χ0n) is 22.7. The first kappa shape index (κ1) is 53.6. The van der Waals surface area contributed by atoms with Crippen molar-refractivity contribution in [3.8, 4) is 12.5 Å². The first-order valence-electron chi connectivity index (χ1n) is 12.0. The minimum absolute atomic E-state index is 0. The molecule has 0 fully saturated rings.